The van der Waals surface area contributed by atoms with Crippen molar-refractivity contribution in [1.82, 2.24) is 29.3 Å². The first-order valence-electron chi connectivity index (χ1n) is 8.62. The highest BCUT2D eigenvalue weighted by Crippen LogP contribution is 2.24. The molecule has 0 bridgehead atoms. The first-order valence-corrected chi connectivity index (χ1v) is 10.5. The number of nitrogens with one attached hydrogen (secondary N) is 2. The van der Waals surface area contributed by atoms with E-state index in [0.717, 1.165) is 10.9 Å². The van der Waals surface area contributed by atoms with Crippen LogP contribution < -0.4 is 19.5 Å². The molecule has 0 aliphatic heterocycles. The number of halogens is 1. The van der Waals surface area contributed by atoms with Gasteiger partial charge in [-0.3, -0.25) is 5.32 Å². The normalized spacial score (nSPS) is 11.3. The van der Waals surface area contributed by atoms with Crippen LogP contribution >= 0.6 is 11.6 Å². The van der Waals surface area contributed by atoms with E-state index in [1.54, 1.807) is 12.1 Å². The van der Waals surface area contributed by atoms with E-state index in [1.807, 2.05) is 11.6 Å². The van der Waals surface area contributed by atoms with Gasteiger partial charge in [0.2, 0.25) is 11.0 Å². The van der Waals surface area contributed by atoms with E-state index < -0.39 is 21.1 Å². The summed E-state index contributed by atoms with van der Waals surface area (Å²) in [6, 6.07) is 2.21. The molecule has 2 amide bonds. The maximum atomic E-state index is 12.8. The van der Waals surface area contributed by atoms with E-state index in [1.165, 1.54) is 20.4 Å². The molecule has 0 unspecified atom stereocenters. The molecular formula is C16H18ClN7O5S. The fourth-order valence-corrected chi connectivity index (χ4v) is 4.03. The lowest BCUT2D eigenvalue weighted by Gasteiger charge is -2.10. The summed E-state index contributed by atoms with van der Waals surface area (Å²) in [6.07, 6.45) is 2.71. The molecule has 0 spiro atoms. The standard InChI is InChI=1S/C16H18ClN7O5S/c1-4-5-9-6-7-11-19-12(17)14(24(11)22-9)30(26,27)23-16(25)21-15-18-8-10(28-2)13(20-15)29-3/h6-8H,4-5H2,1-3H3,(H2,18,20,21,23,25). The van der Waals surface area contributed by atoms with Gasteiger partial charge in [0.15, 0.2) is 16.5 Å². The number of anilines is 1. The second-order valence-electron chi connectivity index (χ2n) is 5.88. The number of carbonyl (C=O) groups excluding carboxylic acids is 1. The maximum Gasteiger partial charge on any atom is 0.335 e. The number of fused-ring (bicyclic) bond motifs is 1. The number of methoxy groups -OCH3 is 2. The number of sulfonamides is 1. The first kappa shape index (κ1) is 21.5. The minimum Gasteiger partial charge on any atom is -0.490 e. The number of aromatic nitrogens is 5. The number of amides is 2. The highest BCUT2D eigenvalue weighted by molar-refractivity contribution is 7.90. The van der Waals surface area contributed by atoms with Crippen molar-refractivity contribution in [2.24, 2.45) is 0 Å². The zero-order valence-corrected chi connectivity index (χ0v) is 17.8. The van der Waals surface area contributed by atoms with Gasteiger partial charge < -0.3 is 9.47 Å². The van der Waals surface area contributed by atoms with Crippen LogP contribution in [0.5, 0.6) is 11.6 Å². The van der Waals surface area contributed by atoms with Crippen molar-refractivity contribution in [3.63, 3.8) is 0 Å². The third-order valence-corrected chi connectivity index (χ3v) is 5.51. The van der Waals surface area contributed by atoms with Crippen molar-refractivity contribution in [3.8, 4) is 11.6 Å². The fourth-order valence-electron chi connectivity index (χ4n) is 2.54. The maximum absolute atomic E-state index is 12.8. The van der Waals surface area contributed by atoms with E-state index in [4.69, 9.17) is 21.1 Å². The number of urea groups is 1. The van der Waals surface area contributed by atoms with Crippen LogP contribution in [0.4, 0.5) is 10.7 Å². The quantitative estimate of drug-likeness (QED) is 0.541. The average Bonchev–Trinajstić information content (AvgIpc) is 3.03. The Bertz CT molecular complexity index is 1200. The van der Waals surface area contributed by atoms with E-state index in [9.17, 15) is 13.2 Å². The molecule has 0 radical (unpaired) electrons. The minimum absolute atomic E-state index is 0.0585. The Balaban J connectivity index is 1.87. The van der Waals surface area contributed by atoms with Crippen LogP contribution in [0.15, 0.2) is 23.4 Å². The summed E-state index contributed by atoms with van der Waals surface area (Å²) in [5, 5.41) is 5.68. The number of rotatable bonds is 7. The topological polar surface area (TPSA) is 150 Å². The Morgan fingerprint density at radius 1 is 1.23 bits per heavy atom. The van der Waals surface area contributed by atoms with Gasteiger partial charge in [0.1, 0.15) is 0 Å². The third kappa shape index (κ3) is 4.36. The molecule has 3 heterocycles. The molecule has 14 heteroatoms. The molecule has 0 aliphatic carbocycles. The summed E-state index contributed by atoms with van der Waals surface area (Å²) in [5.41, 5.74) is 0.877. The van der Waals surface area contributed by atoms with Crippen LogP contribution in [0.3, 0.4) is 0 Å². The average molecular weight is 456 g/mol. The van der Waals surface area contributed by atoms with E-state index >= 15 is 0 Å². The molecule has 3 aromatic heterocycles. The number of carbonyl (C=O) groups is 1. The van der Waals surface area contributed by atoms with Gasteiger partial charge in [0.05, 0.1) is 26.1 Å². The van der Waals surface area contributed by atoms with Crippen molar-refractivity contribution in [3.05, 3.63) is 29.2 Å². The summed E-state index contributed by atoms with van der Waals surface area (Å²) in [5.74, 6) is 0.0960. The van der Waals surface area contributed by atoms with Crippen LogP contribution in [-0.2, 0) is 16.4 Å². The fraction of sp³-hybridized carbons (Fsp3) is 0.312. The molecule has 3 rings (SSSR count). The predicted octanol–water partition coefficient (Wildman–Crippen LogP) is 1.65. The number of hydrogen-bond acceptors (Lipinski definition) is 9. The summed E-state index contributed by atoms with van der Waals surface area (Å²) in [6.45, 7) is 1.96. The Morgan fingerprint density at radius 3 is 2.67 bits per heavy atom. The molecule has 0 saturated carbocycles. The lowest BCUT2D eigenvalue weighted by atomic mass is 10.2. The van der Waals surface area contributed by atoms with Crippen molar-refractivity contribution in [2.75, 3.05) is 19.5 Å². The Morgan fingerprint density at radius 2 is 2.00 bits per heavy atom. The van der Waals surface area contributed by atoms with Gasteiger partial charge in [-0.05, 0) is 18.6 Å². The second kappa shape index (κ2) is 8.67. The van der Waals surface area contributed by atoms with Crippen LogP contribution in [0.1, 0.15) is 19.0 Å². The molecule has 0 atom stereocenters. The number of hydrogen-bond donors (Lipinski definition) is 2. The van der Waals surface area contributed by atoms with Gasteiger partial charge in [0.25, 0.3) is 15.9 Å². The van der Waals surface area contributed by atoms with Crippen LogP contribution in [-0.4, -0.2) is 53.2 Å². The second-order valence-corrected chi connectivity index (χ2v) is 7.84. The largest absolute Gasteiger partial charge is 0.490 e. The predicted molar refractivity (Wildman–Crippen MR) is 106 cm³/mol. The minimum atomic E-state index is -4.42. The highest BCUT2D eigenvalue weighted by atomic mass is 35.5. The lowest BCUT2D eigenvalue weighted by Crippen LogP contribution is -2.35. The molecule has 0 saturated heterocycles. The zero-order valence-electron chi connectivity index (χ0n) is 16.2. The van der Waals surface area contributed by atoms with Crippen molar-refractivity contribution in [1.29, 1.82) is 0 Å². The summed E-state index contributed by atoms with van der Waals surface area (Å²) >= 11 is 6.02. The SMILES string of the molecule is CCCc1ccc2nc(Cl)c(S(=O)(=O)NC(=O)Nc3ncc(OC)c(OC)n3)n2n1. The van der Waals surface area contributed by atoms with Crippen LogP contribution in [0.25, 0.3) is 5.65 Å². The molecule has 12 nitrogen and oxygen atoms in total. The molecule has 3 aromatic rings. The Kier molecular flexibility index (Phi) is 6.22. The molecule has 160 valence electrons. The molecule has 0 aliphatic rings. The number of aryl methyl sites for hydroxylation is 1. The smallest absolute Gasteiger partial charge is 0.335 e. The van der Waals surface area contributed by atoms with Gasteiger partial charge >= 0.3 is 6.03 Å². The van der Waals surface area contributed by atoms with Crippen LogP contribution in [0, 0.1) is 0 Å². The van der Waals surface area contributed by atoms with Crippen LogP contribution in [0.2, 0.25) is 5.15 Å². The van der Waals surface area contributed by atoms with Gasteiger partial charge in [0, 0.05) is 0 Å². The van der Waals surface area contributed by atoms with Gasteiger partial charge in [-0.15, -0.1) is 0 Å². The summed E-state index contributed by atoms with van der Waals surface area (Å²) < 4.78 is 38.5. The Labute approximate surface area is 176 Å². The number of imidazole rings is 1. The Hall–Kier alpha value is -3.19. The van der Waals surface area contributed by atoms with Crippen molar-refractivity contribution in [2.45, 2.75) is 24.8 Å². The summed E-state index contributed by atoms with van der Waals surface area (Å²) in [4.78, 5) is 24.0. The zero-order chi connectivity index (χ0) is 21.9. The molecule has 0 aromatic carbocycles. The van der Waals surface area contributed by atoms with Crippen molar-refractivity contribution < 1.29 is 22.7 Å². The summed E-state index contributed by atoms with van der Waals surface area (Å²) in [7, 11) is -1.67. The van der Waals surface area contributed by atoms with E-state index in [-0.39, 0.29) is 28.4 Å². The first-order chi connectivity index (χ1) is 14.3. The van der Waals surface area contributed by atoms with E-state index in [2.05, 4.69) is 25.4 Å². The van der Waals surface area contributed by atoms with Crippen molar-refractivity contribution >= 4 is 39.3 Å². The number of nitrogens with zero attached hydrogens (tertiary/aromatic N) is 5. The monoisotopic (exact) mass is 455 g/mol. The third-order valence-electron chi connectivity index (χ3n) is 3.80. The van der Waals surface area contributed by atoms with E-state index in [0.29, 0.717) is 12.1 Å². The lowest BCUT2D eigenvalue weighted by molar-refractivity contribution is 0.256. The number of ether oxygens (including phenoxy) is 2. The molecule has 0 fully saturated rings. The molecule has 30 heavy (non-hydrogen) atoms. The van der Waals surface area contributed by atoms with Gasteiger partial charge in [-0.2, -0.15) is 23.0 Å². The van der Waals surface area contributed by atoms with Gasteiger partial charge in [-0.25, -0.2) is 19.5 Å². The molecule has 2 N–H and O–H groups in total. The molecular weight excluding hydrogens is 438 g/mol. The van der Waals surface area contributed by atoms with Gasteiger partial charge in [-0.1, -0.05) is 24.9 Å². The highest BCUT2D eigenvalue weighted by Gasteiger charge is 2.28.